The molecule has 0 aromatic heterocycles. The van der Waals surface area contributed by atoms with E-state index >= 15 is 0 Å². The van der Waals surface area contributed by atoms with Gasteiger partial charge < -0.3 is 9.47 Å². The molecule has 0 radical (unpaired) electrons. The second-order valence-corrected chi connectivity index (χ2v) is 2.98. The molecule has 0 N–H and O–H groups in total. The molecule has 0 fully saturated rings. The lowest BCUT2D eigenvalue weighted by Gasteiger charge is -2.06. The fraction of sp³-hybridized carbons (Fsp3) is 0.455. The van der Waals surface area contributed by atoms with Gasteiger partial charge in [0.15, 0.2) is 11.6 Å². The minimum atomic E-state index is -0.306. The molecular weight excluding hydrogens is 183 g/mol. The Labute approximate surface area is 83.6 Å². The smallest absolute Gasteiger partial charge is 0.165 e. The van der Waals surface area contributed by atoms with Crippen LogP contribution in [-0.2, 0) is 4.74 Å². The number of para-hydroxylation sites is 1. The zero-order valence-electron chi connectivity index (χ0n) is 8.33. The molecule has 3 heteroatoms. The van der Waals surface area contributed by atoms with Gasteiger partial charge in [-0.2, -0.15) is 0 Å². The highest BCUT2D eigenvalue weighted by molar-refractivity contribution is 5.23. The van der Waals surface area contributed by atoms with Crippen molar-refractivity contribution in [1.82, 2.24) is 0 Å². The highest BCUT2D eigenvalue weighted by atomic mass is 19.1. The van der Waals surface area contributed by atoms with Crippen LogP contribution in [0.3, 0.4) is 0 Å². The largest absolute Gasteiger partial charge is 0.491 e. The molecule has 14 heavy (non-hydrogen) atoms. The summed E-state index contributed by atoms with van der Waals surface area (Å²) in [5.74, 6) is 0.0177. The van der Waals surface area contributed by atoms with Crippen molar-refractivity contribution in [3.63, 3.8) is 0 Å². The Bertz CT molecular complexity index is 263. The average molecular weight is 198 g/mol. The second-order valence-electron chi connectivity index (χ2n) is 2.98. The third-order valence-electron chi connectivity index (χ3n) is 1.84. The zero-order chi connectivity index (χ0) is 10.2. The molecule has 0 aliphatic rings. The van der Waals surface area contributed by atoms with Crippen LogP contribution >= 0.6 is 0 Å². The lowest BCUT2D eigenvalue weighted by atomic mass is 10.3. The molecule has 2 nitrogen and oxygen atoms in total. The van der Waals surface area contributed by atoms with Gasteiger partial charge in [0.05, 0.1) is 6.61 Å². The van der Waals surface area contributed by atoms with Crippen LogP contribution in [0.1, 0.15) is 12.8 Å². The van der Waals surface area contributed by atoms with E-state index in [0.717, 1.165) is 19.4 Å². The van der Waals surface area contributed by atoms with E-state index in [0.29, 0.717) is 12.4 Å². The molecule has 1 aromatic carbocycles. The summed E-state index contributed by atoms with van der Waals surface area (Å²) < 4.78 is 23.2. The maximum absolute atomic E-state index is 13.0. The van der Waals surface area contributed by atoms with E-state index in [-0.39, 0.29) is 5.82 Å². The predicted octanol–water partition coefficient (Wildman–Crippen LogP) is 2.63. The third-order valence-corrected chi connectivity index (χ3v) is 1.84. The van der Waals surface area contributed by atoms with Crippen molar-refractivity contribution in [3.8, 4) is 5.75 Å². The van der Waals surface area contributed by atoms with Crippen LogP contribution in [0.25, 0.3) is 0 Å². The van der Waals surface area contributed by atoms with Crippen molar-refractivity contribution in [2.24, 2.45) is 0 Å². The topological polar surface area (TPSA) is 18.5 Å². The van der Waals surface area contributed by atoms with Gasteiger partial charge in [-0.15, -0.1) is 0 Å². The first-order chi connectivity index (χ1) is 6.84. The number of hydrogen-bond donors (Lipinski definition) is 0. The van der Waals surface area contributed by atoms with Gasteiger partial charge in [-0.05, 0) is 25.0 Å². The van der Waals surface area contributed by atoms with E-state index in [9.17, 15) is 4.39 Å². The molecule has 0 aliphatic carbocycles. The lowest BCUT2D eigenvalue weighted by Crippen LogP contribution is -2.00. The predicted molar refractivity (Wildman–Crippen MR) is 53.0 cm³/mol. The summed E-state index contributed by atoms with van der Waals surface area (Å²) in [6.45, 7) is 1.25. The van der Waals surface area contributed by atoms with Gasteiger partial charge in [0.2, 0.25) is 0 Å². The summed E-state index contributed by atoms with van der Waals surface area (Å²) in [4.78, 5) is 0. The van der Waals surface area contributed by atoms with Crippen LogP contribution in [0.5, 0.6) is 5.75 Å². The maximum Gasteiger partial charge on any atom is 0.165 e. The van der Waals surface area contributed by atoms with Gasteiger partial charge in [0, 0.05) is 13.7 Å². The van der Waals surface area contributed by atoms with Crippen molar-refractivity contribution < 1.29 is 13.9 Å². The van der Waals surface area contributed by atoms with Crippen LogP contribution in [-0.4, -0.2) is 20.3 Å². The third kappa shape index (κ3) is 3.75. The Morgan fingerprint density at radius 1 is 1.14 bits per heavy atom. The van der Waals surface area contributed by atoms with E-state index in [1.54, 1.807) is 25.3 Å². The highest BCUT2D eigenvalue weighted by Gasteiger charge is 1.99. The zero-order valence-corrected chi connectivity index (χ0v) is 8.33. The van der Waals surface area contributed by atoms with E-state index in [2.05, 4.69) is 0 Å². The summed E-state index contributed by atoms with van der Waals surface area (Å²) >= 11 is 0. The Morgan fingerprint density at radius 3 is 2.57 bits per heavy atom. The maximum atomic E-state index is 13.0. The Kier molecular flexibility index (Phi) is 5.00. The van der Waals surface area contributed by atoms with Gasteiger partial charge in [0.25, 0.3) is 0 Å². The second kappa shape index (κ2) is 6.38. The van der Waals surface area contributed by atoms with Gasteiger partial charge in [-0.1, -0.05) is 12.1 Å². The average Bonchev–Trinajstić information content (AvgIpc) is 2.20. The molecule has 0 bridgehead atoms. The fourth-order valence-corrected chi connectivity index (χ4v) is 1.09. The quantitative estimate of drug-likeness (QED) is 0.654. The summed E-state index contributed by atoms with van der Waals surface area (Å²) in [5.41, 5.74) is 0. The van der Waals surface area contributed by atoms with E-state index in [4.69, 9.17) is 9.47 Å². The lowest BCUT2D eigenvalue weighted by molar-refractivity contribution is 0.183. The minimum Gasteiger partial charge on any atom is -0.491 e. The molecule has 0 unspecified atom stereocenters. The number of rotatable bonds is 6. The first-order valence-corrected chi connectivity index (χ1v) is 4.71. The summed E-state index contributed by atoms with van der Waals surface area (Å²) in [7, 11) is 1.66. The molecule has 0 heterocycles. The number of ether oxygens (including phenoxy) is 2. The van der Waals surface area contributed by atoms with E-state index in [1.807, 2.05) is 0 Å². The number of benzene rings is 1. The van der Waals surface area contributed by atoms with Crippen molar-refractivity contribution in [3.05, 3.63) is 30.1 Å². The van der Waals surface area contributed by atoms with Crippen LogP contribution in [0, 0.1) is 5.82 Å². The van der Waals surface area contributed by atoms with Crippen molar-refractivity contribution in [1.29, 1.82) is 0 Å². The molecule has 1 rings (SSSR count). The van der Waals surface area contributed by atoms with Crippen LogP contribution in [0.2, 0.25) is 0 Å². The van der Waals surface area contributed by atoms with Crippen LogP contribution < -0.4 is 4.74 Å². The first kappa shape index (κ1) is 11.0. The van der Waals surface area contributed by atoms with Gasteiger partial charge in [-0.3, -0.25) is 0 Å². The Morgan fingerprint density at radius 2 is 1.86 bits per heavy atom. The van der Waals surface area contributed by atoms with Crippen molar-refractivity contribution in [2.75, 3.05) is 20.3 Å². The molecule has 0 saturated heterocycles. The van der Waals surface area contributed by atoms with Crippen LogP contribution in [0.4, 0.5) is 4.39 Å². The minimum absolute atomic E-state index is 0.306. The van der Waals surface area contributed by atoms with Gasteiger partial charge in [0.1, 0.15) is 0 Å². The molecule has 0 spiro atoms. The summed E-state index contributed by atoms with van der Waals surface area (Å²) in [6.07, 6.45) is 1.81. The van der Waals surface area contributed by atoms with Crippen LogP contribution in [0.15, 0.2) is 24.3 Å². The molecule has 0 atom stereocenters. The number of hydrogen-bond acceptors (Lipinski definition) is 2. The van der Waals surface area contributed by atoms with E-state index in [1.165, 1.54) is 6.07 Å². The first-order valence-electron chi connectivity index (χ1n) is 4.71. The van der Waals surface area contributed by atoms with Gasteiger partial charge in [-0.25, -0.2) is 4.39 Å². The molecule has 0 amide bonds. The van der Waals surface area contributed by atoms with Crippen molar-refractivity contribution >= 4 is 0 Å². The monoisotopic (exact) mass is 198 g/mol. The Hall–Kier alpha value is -1.09. The molecule has 0 saturated carbocycles. The molecule has 1 aromatic rings. The number of halogens is 1. The standard InChI is InChI=1S/C11H15FO2/c1-13-8-4-5-9-14-11-7-3-2-6-10(11)12/h2-3,6-7H,4-5,8-9H2,1H3. The Balaban J connectivity index is 2.21. The fourth-order valence-electron chi connectivity index (χ4n) is 1.09. The molecule has 0 aliphatic heterocycles. The molecular formula is C11H15FO2. The summed E-state index contributed by atoms with van der Waals surface area (Å²) in [6, 6.07) is 6.43. The SMILES string of the molecule is COCCCCOc1ccccc1F. The van der Waals surface area contributed by atoms with Crippen molar-refractivity contribution in [2.45, 2.75) is 12.8 Å². The normalized spacial score (nSPS) is 10.1. The van der Waals surface area contributed by atoms with E-state index < -0.39 is 0 Å². The highest BCUT2D eigenvalue weighted by Crippen LogP contribution is 2.15. The van der Waals surface area contributed by atoms with Gasteiger partial charge >= 0.3 is 0 Å². The molecule has 78 valence electrons. The summed E-state index contributed by atoms with van der Waals surface area (Å²) in [5, 5.41) is 0. The number of unbranched alkanes of at least 4 members (excludes halogenated alkanes) is 1. The number of methoxy groups -OCH3 is 1.